The fourth-order valence-corrected chi connectivity index (χ4v) is 2.34. The first kappa shape index (κ1) is 20.2. The minimum Gasteiger partial charge on any atom is -0.456 e. The first-order valence-corrected chi connectivity index (χ1v) is 7.70. The predicted molar refractivity (Wildman–Crippen MR) is 90.5 cm³/mol. The summed E-state index contributed by atoms with van der Waals surface area (Å²) >= 11 is 0. The second-order valence-corrected chi connectivity index (χ2v) is 7.65. The Morgan fingerprint density at radius 1 is 0.917 bits per heavy atom. The molecule has 0 bridgehead atoms. The number of hydrogen-bond acceptors (Lipinski definition) is 6. The van der Waals surface area contributed by atoms with Gasteiger partial charge in [0.2, 0.25) is 0 Å². The molecule has 0 fully saturated rings. The minimum absolute atomic E-state index is 0.0386. The Hall–Kier alpha value is -1.80. The highest BCUT2D eigenvalue weighted by molar-refractivity contribution is 6.61. The fourth-order valence-electron chi connectivity index (χ4n) is 2.34. The van der Waals surface area contributed by atoms with Crippen molar-refractivity contribution >= 4 is 24.6 Å². The Morgan fingerprint density at radius 2 is 1.38 bits per heavy atom. The maximum atomic E-state index is 12.5. The molecule has 0 saturated heterocycles. The zero-order valence-electron chi connectivity index (χ0n) is 15.6. The molecule has 0 atom stereocenters. The van der Waals surface area contributed by atoms with E-state index in [0.717, 1.165) is 4.57 Å². The Balaban J connectivity index is 3.48. The molecule has 0 aliphatic carbocycles. The molecule has 1 aromatic rings. The maximum absolute atomic E-state index is 12.5. The summed E-state index contributed by atoms with van der Waals surface area (Å²) in [5.41, 5.74) is -1.14. The Labute approximate surface area is 142 Å². The lowest BCUT2D eigenvalue weighted by atomic mass is 9.77. The van der Waals surface area contributed by atoms with Crippen LogP contribution in [0.5, 0.6) is 0 Å². The summed E-state index contributed by atoms with van der Waals surface area (Å²) in [6.07, 6.45) is -0.700. The molecule has 1 aromatic heterocycles. The zero-order chi connectivity index (χ0) is 19.0. The van der Waals surface area contributed by atoms with E-state index in [1.54, 1.807) is 41.5 Å². The maximum Gasteiger partial charge on any atom is 0.491 e. The predicted octanol–water partition coefficient (Wildman–Crippen LogP) is 1.52. The van der Waals surface area contributed by atoms with Gasteiger partial charge in [0.15, 0.2) is 0 Å². The van der Waals surface area contributed by atoms with Crippen molar-refractivity contribution in [3.63, 3.8) is 0 Å². The number of carbonyl (C=O) groups is 2. The molecule has 8 heteroatoms. The molecule has 0 aliphatic rings. The van der Waals surface area contributed by atoms with Crippen molar-refractivity contribution in [3.05, 3.63) is 17.0 Å². The van der Waals surface area contributed by atoms with Gasteiger partial charge in [0.05, 0.1) is 5.56 Å². The highest BCUT2D eigenvalue weighted by atomic mass is 16.6. The minimum atomic E-state index is -1.92. The van der Waals surface area contributed by atoms with Crippen molar-refractivity contribution in [1.82, 2.24) is 4.57 Å². The van der Waals surface area contributed by atoms with Crippen LogP contribution in [-0.2, 0) is 9.47 Å². The number of hydrogen-bond donors (Lipinski definition) is 2. The van der Waals surface area contributed by atoms with Crippen LogP contribution in [0.2, 0.25) is 0 Å². The molecule has 1 rings (SSSR count). The third-order valence-corrected chi connectivity index (χ3v) is 3.13. The second kappa shape index (κ2) is 6.60. The van der Waals surface area contributed by atoms with Crippen molar-refractivity contribution < 1.29 is 29.1 Å². The van der Waals surface area contributed by atoms with Crippen LogP contribution in [0.3, 0.4) is 0 Å². The summed E-state index contributed by atoms with van der Waals surface area (Å²) < 4.78 is 11.8. The normalized spacial score (nSPS) is 12.1. The monoisotopic (exact) mass is 339 g/mol. The number of carbonyl (C=O) groups excluding carboxylic acids is 2. The molecule has 0 radical (unpaired) electrons. The van der Waals surface area contributed by atoms with Gasteiger partial charge in [0.25, 0.3) is 0 Å². The van der Waals surface area contributed by atoms with E-state index < -0.39 is 30.4 Å². The summed E-state index contributed by atoms with van der Waals surface area (Å²) in [4.78, 5) is 24.9. The molecule has 0 amide bonds. The highest BCUT2D eigenvalue weighted by Gasteiger charge is 2.35. The van der Waals surface area contributed by atoms with Crippen LogP contribution in [0.4, 0.5) is 4.79 Å². The largest absolute Gasteiger partial charge is 0.491 e. The van der Waals surface area contributed by atoms with Gasteiger partial charge in [-0.05, 0) is 55.4 Å². The summed E-state index contributed by atoms with van der Waals surface area (Å²) in [5, 5.41) is 19.3. The average molecular weight is 339 g/mol. The lowest BCUT2D eigenvalue weighted by Crippen LogP contribution is -2.37. The van der Waals surface area contributed by atoms with E-state index in [2.05, 4.69) is 0 Å². The Kier molecular flexibility index (Phi) is 5.57. The molecule has 2 N–H and O–H groups in total. The molecule has 0 spiro atoms. The average Bonchev–Trinajstić information content (AvgIpc) is 2.56. The molecule has 7 nitrogen and oxygen atoms in total. The van der Waals surface area contributed by atoms with E-state index in [0.29, 0.717) is 0 Å². The van der Waals surface area contributed by atoms with Crippen LogP contribution in [-0.4, -0.2) is 45.0 Å². The van der Waals surface area contributed by atoms with E-state index in [1.165, 1.54) is 13.8 Å². The first-order valence-electron chi connectivity index (χ1n) is 7.70. The van der Waals surface area contributed by atoms with Crippen molar-refractivity contribution in [3.8, 4) is 0 Å². The van der Waals surface area contributed by atoms with Gasteiger partial charge in [-0.3, -0.25) is 4.57 Å². The molecule has 0 aromatic carbocycles. The molecule has 0 aliphatic heterocycles. The highest BCUT2D eigenvalue weighted by Crippen LogP contribution is 2.20. The van der Waals surface area contributed by atoms with Gasteiger partial charge < -0.3 is 19.5 Å². The summed E-state index contributed by atoms with van der Waals surface area (Å²) in [7, 11) is -1.92. The smallest absolute Gasteiger partial charge is 0.456 e. The quantitative estimate of drug-likeness (QED) is 0.626. The number of ether oxygens (including phenoxy) is 2. The SMILES string of the molecule is Cc1c(B(O)O)c(C(=O)OC(C)(C)C)c(C)n1C(=O)OC(C)(C)C. The van der Waals surface area contributed by atoms with Crippen molar-refractivity contribution in [1.29, 1.82) is 0 Å². The molecule has 0 unspecified atom stereocenters. The van der Waals surface area contributed by atoms with E-state index in [4.69, 9.17) is 9.47 Å². The van der Waals surface area contributed by atoms with Gasteiger partial charge in [-0.2, -0.15) is 0 Å². The summed E-state index contributed by atoms with van der Waals surface area (Å²) in [6.45, 7) is 13.3. The summed E-state index contributed by atoms with van der Waals surface area (Å²) in [6, 6.07) is 0. The van der Waals surface area contributed by atoms with Gasteiger partial charge >= 0.3 is 19.2 Å². The van der Waals surface area contributed by atoms with Crippen LogP contribution in [0.1, 0.15) is 63.3 Å². The van der Waals surface area contributed by atoms with Crippen LogP contribution < -0.4 is 5.46 Å². The fraction of sp³-hybridized carbons (Fsp3) is 0.625. The molecule has 134 valence electrons. The van der Waals surface area contributed by atoms with E-state index >= 15 is 0 Å². The van der Waals surface area contributed by atoms with Crippen LogP contribution in [0.25, 0.3) is 0 Å². The van der Waals surface area contributed by atoms with E-state index in [9.17, 15) is 19.6 Å². The lowest BCUT2D eigenvalue weighted by molar-refractivity contribution is 0.00698. The summed E-state index contributed by atoms with van der Waals surface area (Å²) in [5.74, 6) is -0.728. The number of nitrogens with zero attached hydrogens (tertiary/aromatic N) is 1. The van der Waals surface area contributed by atoms with Gasteiger partial charge in [0.1, 0.15) is 11.2 Å². The lowest BCUT2D eigenvalue weighted by Gasteiger charge is -2.21. The van der Waals surface area contributed by atoms with Gasteiger partial charge in [-0.25, -0.2) is 9.59 Å². The number of esters is 1. The number of rotatable bonds is 2. The molecule has 0 saturated carbocycles. The van der Waals surface area contributed by atoms with Gasteiger partial charge in [0, 0.05) is 16.9 Å². The topological polar surface area (TPSA) is 98.0 Å². The van der Waals surface area contributed by atoms with Crippen LogP contribution in [0.15, 0.2) is 0 Å². The zero-order valence-corrected chi connectivity index (χ0v) is 15.6. The van der Waals surface area contributed by atoms with Crippen molar-refractivity contribution in [2.45, 2.75) is 66.6 Å². The Bertz CT molecular complexity index is 649. The van der Waals surface area contributed by atoms with Crippen molar-refractivity contribution in [2.75, 3.05) is 0 Å². The third kappa shape index (κ3) is 4.61. The molecular formula is C16H26BNO6. The van der Waals surface area contributed by atoms with Crippen molar-refractivity contribution in [2.24, 2.45) is 0 Å². The Morgan fingerprint density at radius 3 is 1.75 bits per heavy atom. The van der Waals surface area contributed by atoms with Crippen LogP contribution in [0, 0.1) is 13.8 Å². The molecule has 1 heterocycles. The van der Waals surface area contributed by atoms with Crippen LogP contribution >= 0.6 is 0 Å². The molecule has 24 heavy (non-hydrogen) atoms. The van der Waals surface area contributed by atoms with E-state index in [1.807, 2.05) is 0 Å². The van der Waals surface area contributed by atoms with E-state index in [-0.39, 0.29) is 22.4 Å². The number of aromatic nitrogens is 1. The van der Waals surface area contributed by atoms with Gasteiger partial charge in [-0.15, -0.1) is 0 Å². The first-order chi connectivity index (χ1) is 10.7. The molecular weight excluding hydrogens is 313 g/mol. The third-order valence-electron chi connectivity index (χ3n) is 3.13. The second-order valence-electron chi connectivity index (χ2n) is 7.65. The standard InChI is InChI=1S/C16H26BNO6/c1-9-11(13(19)23-15(3,4)5)12(17(21)22)10(2)18(9)14(20)24-16(6,7)8/h21-22H,1-8H3. The van der Waals surface area contributed by atoms with Gasteiger partial charge in [-0.1, -0.05) is 0 Å².